The molecule has 1 aliphatic rings. The zero-order valence-electron chi connectivity index (χ0n) is 11.5. The molecule has 0 aromatic heterocycles. The Morgan fingerprint density at radius 3 is 2.95 bits per heavy atom. The molecule has 2 rings (SSSR count). The Hall–Kier alpha value is -2.15. The largest absolute Gasteiger partial charge is 0.481 e. The maximum absolute atomic E-state index is 13.1. The molecule has 1 fully saturated rings. The lowest BCUT2D eigenvalue weighted by Crippen LogP contribution is -2.51. The number of nitrogens with zero attached hydrogens (tertiary/aromatic N) is 1. The van der Waals surface area contributed by atoms with Crippen molar-refractivity contribution in [1.82, 2.24) is 4.90 Å². The molecule has 0 radical (unpaired) electrons. The van der Waals surface area contributed by atoms with E-state index in [1.165, 1.54) is 23.1 Å². The van der Waals surface area contributed by atoms with Crippen LogP contribution in [0.5, 0.6) is 5.75 Å². The van der Waals surface area contributed by atoms with E-state index in [0.29, 0.717) is 6.54 Å². The number of carboxylic acid groups (broad SMARTS) is 1. The standard InChI is InChI=1S/C14H16FNO5/c1-9(21-11-4-2-3-10(15)7-11)13(17)16-5-6-20-12(8-16)14(18)19/h2-4,7,9,12H,5-6,8H2,1H3,(H,18,19). The summed E-state index contributed by atoms with van der Waals surface area (Å²) in [5.41, 5.74) is 0. The fourth-order valence-electron chi connectivity index (χ4n) is 2.05. The van der Waals surface area contributed by atoms with E-state index >= 15 is 0 Å². The molecule has 6 nitrogen and oxygen atoms in total. The minimum Gasteiger partial charge on any atom is -0.481 e. The summed E-state index contributed by atoms with van der Waals surface area (Å²) < 4.78 is 23.5. The Morgan fingerprint density at radius 2 is 2.29 bits per heavy atom. The average molecular weight is 297 g/mol. The first-order valence-electron chi connectivity index (χ1n) is 6.53. The van der Waals surface area contributed by atoms with E-state index in [0.717, 1.165) is 0 Å². The third kappa shape index (κ3) is 3.91. The highest BCUT2D eigenvalue weighted by molar-refractivity contribution is 5.82. The molecule has 2 unspecified atom stereocenters. The van der Waals surface area contributed by atoms with Gasteiger partial charge in [-0.25, -0.2) is 9.18 Å². The highest BCUT2D eigenvalue weighted by Crippen LogP contribution is 2.15. The van der Waals surface area contributed by atoms with Gasteiger partial charge in [-0.2, -0.15) is 0 Å². The second kappa shape index (κ2) is 6.53. The Bertz CT molecular complexity index is 536. The van der Waals surface area contributed by atoms with E-state index in [1.807, 2.05) is 0 Å². The van der Waals surface area contributed by atoms with Gasteiger partial charge in [-0.15, -0.1) is 0 Å². The van der Waals surface area contributed by atoms with Crippen molar-refractivity contribution in [2.75, 3.05) is 19.7 Å². The van der Waals surface area contributed by atoms with Gasteiger partial charge in [0.15, 0.2) is 12.2 Å². The summed E-state index contributed by atoms with van der Waals surface area (Å²) in [5, 5.41) is 8.91. The fraction of sp³-hybridized carbons (Fsp3) is 0.429. The smallest absolute Gasteiger partial charge is 0.334 e. The number of carbonyl (C=O) groups is 2. The van der Waals surface area contributed by atoms with Crippen molar-refractivity contribution < 1.29 is 28.6 Å². The first-order chi connectivity index (χ1) is 9.97. The first kappa shape index (κ1) is 15.2. The van der Waals surface area contributed by atoms with Crippen molar-refractivity contribution in [2.45, 2.75) is 19.1 Å². The van der Waals surface area contributed by atoms with Gasteiger partial charge in [-0.05, 0) is 19.1 Å². The molecule has 1 aliphatic heterocycles. The number of amides is 1. The quantitative estimate of drug-likeness (QED) is 0.894. The second-order valence-electron chi connectivity index (χ2n) is 4.70. The van der Waals surface area contributed by atoms with E-state index in [4.69, 9.17) is 14.6 Å². The van der Waals surface area contributed by atoms with Gasteiger partial charge in [0.1, 0.15) is 11.6 Å². The molecule has 1 heterocycles. The van der Waals surface area contributed by atoms with Crippen LogP contribution in [0.2, 0.25) is 0 Å². The van der Waals surface area contributed by atoms with Gasteiger partial charge in [0, 0.05) is 12.6 Å². The van der Waals surface area contributed by atoms with Crippen LogP contribution in [0.15, 0.2) is 24.3 Å². The molecule has 1 aromatic rings. The maximum atomic E-state index is 13.1. The van der Waals surface area contributed by atoms with Crippen LogP contribution in [0.4, 0.5) is 4.39 Å². The zero-order chi connectivity index (χ0) is 15.4. The van der Waals surface area contributed by atoms with E-state index in [1.54, 1.807) is 13.0 Å². The van der Waals surface area contributed by atoms with Crippen LogP contribution in [0.25, 0.3) is 0 Å². The van der Waals surface area contributed by atoms with Crippen LogP contribution < -0.4 is 4.74 Å². The lowest BCUT2D eigenvalue weighted by molar-refractivity contribution is -0.161. The minimum absolute atomic E-state index is 0.0228. The van der Waals surface area contributed by atoms with E-state index in [-0.39, 0.29) is 24.8 Å². The predicted octanol–water partition coefficient (Wildman–Crippen LogP) is 0.905. The molecule has 0 saturated carbocycles. The molecule has 7 heteroatoms. The van der Waals surface area contributed by atoms with Crippen molar-refractivity contribution in [3.8, 4) is 5.75 Å². The average Bonchev–Trinajstić information content (AvgIpc) is 2.46. The Balaban J connectivity index is 1.97. The van der Waals surface area contributed by atoms with E-state index in [2.05, 4.69) is 0 Å². The summed E-state index contributed by atoms with van der Waals surface area (Å²) >= 11 is 0. The van der Waals surface area contributed by atoms with Gasteiger partial charge in [-0.1, -0.05) is 6.07 Å². The summed E-state index contributed by atoms with van der Waals surface area (Å²) in [6.07, 6.45) is -1.86. The highest BCUT2D eigenvalue weighted by atomic mass is 19.1. The van der Waals surface area contributed by atoms with Crippen LogP contribution in [-0.4, -0.2) is 53.8 Å². The Labute approximate surface area is 121 Å². The molecule has 21 heavy (non-hydrogen) atoms. The van der Waals surface area contributed by atoms with Crippen LogP contribution in [-0.2, 0) is 14.3 Å². The molecule has 0 spiro atoms. The molecule has 2 atom stereocenters. The van der Waals surface area contributed by atoms with Gasteiger partial charge < -0.3 is 19.5 Å². The fourth-order valence-corrected chi connectivity index (χ4v) is 2.05. The van der Waals surface area contributed by atoms with Crippen molar-refractivity contribution >= 4 is 11.9 Å². The van der Waals surface area contributed by atoms with E-state index in [9.17, 15) is 14.0 Å². The summed E-state index contributed by atoms with van der Waals surface area (Å²) in [6.45, 7) is 1.98. The van der Waals surface area contributed by atoms with Crippen molar-refractivity contribution in [2.24, 2.45) is 0 Å². The van der Waals surface area contributed by atoms with Crippen molar-refractivity contribution in [3.63, 3.8) is 0 Å². The monoisotopic (exact) mass is 297 g/mol. The number of aliphatic carboxylic acids is 1. The number of halogens is 1. The van der Waals surface area contributed by atoms with Gasteiger partial charge in [0.05, 0.1) is 13.2 Å². The first-order valence-corrected chi connectivity index (χ1v) is 6.53. The molecule has 0 bridgehead atoms. The molecule has 0 aliphatic carbocycles. The number of carboxylic acids is 1. The topological polar surface area (TPSA) is 76.1 Å². The molecule has 1 aromatic carbocycles. The normalized spacial score (nSPS) is 19.9. The summed E-state index contributed by atoms with van der Waals surface area (Å²) in [4.78, 5) is 24.5. The SMILES string of the molecule is CC(Oc1cccc(F)c1)C(=O)N1CCOC(C(=O)O)C1. The molecule has 1 amide bonds. The van der Waals surface area contributed by atoms with E-state index < -0.39 is 24.0 Å². The number of benzene rings is 1. The van der Waals surface area contributed by atoms with Crippen LogP contribution in [0.3, 0.4) is 0 Å². The number of carbonyl (C=O) groups excluding carboxylic acids is 1. The predicted molar refractivity (Wildman–Crippen MR) is 70.4 cm³/mol. The van der Waals surface area contributed by atoms with Crippen molar-refractivity contribution in [3.05, 3.63) is 30.1 Å². The molecule has 114 valence electrons. The van der Waals surface area contributed by atoms with Gasteiger partial charge in [0.25, 0.3) is 5.91 Å². The number of ether oxygens (including phenoxy) is 2. The lowest BCUT2D eigenvalue weighted by Gasteiger charge is -2.32. The summed E-state index contributed by atoms with van der Waals surface area (Å²) in [6, 6.07) is 5.49. The lowest BCUT2D eigenvalue weighted by atomic mass is 10.2. The maximum Gasteiger partial charge on any atom is 0.334 e. The molecule has 1 N–H and O–H groups in total. The second-order valence-corrected chi connectivity index (χ2v) is 4.70. The van der Waals surface area contributed by atoms with Crippen LogP contribution >= 0.6 is 0 Å². The number of hydrogen-bond donors (Lipinski definition) is 1. The number of rotatable bonds is 4. The highest BCUT2D eigenvalue weighted by Gasteiger charge is 2.31. The summed E-state index contributed by atoms with van der Waals surface area (Å²) in [5.74, 6) is -1.66. The number of morpholine rings is 1. The van der Waals surface area contributed by atoms with Crippen LogP contribution in [0.1, 0.15) is 6.92 Å². The third-order valence-corrected chi connectivity index (χ3v) is 3.11. The Kier molecular flexibility index (Phi) is 4.74. The third-order valence-electron chi connectivity index (χ3n) is 3.11. The van der Waals surface area contributed by atoms with Gasteiger partial charge in [-0.3, -0.25) is 4.79 Å². The molecular weight excluding hydrogens is 281 g/mol. The van der Waals surface area contributed by atoms with Crippen LogP contribution in [0, 0.1) is 5.82 Å². The van der Waals surface area contributed by atoms with Gasteiger partial charge in [0.2, 0.25) is 0 Å². The molecule has 1 saturated heterocycles. The minimum atomic E-state index is -1.11. The Morgan fingerprint density at radius 1 is 1.52 bits per heavy atom. The summed E-state index contributed by atoms with van der Waals surface area (Å²) in [7, 11) is 0. The van der Waals surface area contributed by atoms with Crippen molar-refractivity contribution in [1.29, 1.82) is 0 Å². The zero-order valence-corrected chi connectivity index (χ0v) is 11.5. The van der Waals surface area contributed by atoms with Gasteiger partial charge >= 0.3 is 5.97 Å². The number of hydrogen-bond acceptors (Lipinski definition) is 4. The molecular formula is C14H16FNO5.